The fourth-order valence-electron chi connectivity index (χ4n) is 3.20. The average molecular weight is 355 g/mol. The van der Waals surface area contributed by atoms with Crippen LogP contribution in [-0.4, -0.2) is 54.3 Å². The molecule has 6 nitrogen and oxygen atoms in total. The Morgan fingerprint density at radius 3 is 2.35 bits per heavy atom. The fraction of sp³-hybridized carbons (Fsp3) is 0.400. The molecular formula is C20H25N3O3. The Balaban J connectivity index is 1.44. The van der Waals surface area contributed by atoms with Crippen molar-refractivity contribution in [2.45, 2.75) is 20.3 Å². The van der Waals surface area contributed by atoms with Crippen LogP contribution in [0.15, 0.2) is 41.0 Å². The minimum atomic E-state index is -0.0672. The van der Waals surface area contributed by atoms with E-state index in [0.717, 1.165) is 29.9 Å². The number of nitrogens with zero attached hydrogens (tertiary/aromatic N) is 2. The van der Waals surface area contributed by atoms with E-state index in [9.17, 15) is 9.59 Å². The number of carbonyl (C=O) groups excluding carboxylic acids is 2. The second kappa shape index (κ2) is 8.19. The maximum absolute atomic E-state index is 12.3. The van der Waals surface area contributed by atoms with Gasteiger partial charge in [-0.2, -0.15) is 0 Å². The predicted octanol–water partition coefficient (Wildman–Crippen LogP) is 2.68. The Morgan fingerprint density at radius 2 is 1.73 bits per heavy atom. The first-order chi connectivity index (χ1) is 12.5. The molecule has 2 amide bonds. The average Bonchev–Trinajstić information content (AvgIpc) is 3.18. The van der Waals surface area contributed by atoms with Gasteiger partial charge in [0.15, 0.2) is 5.76 Å². The highest BCUT2D eigenvalue weighted by Crippen LogP contribution is 2.19. The van der Waals surface area contributed by atoms with Crippen LogP contribution in [0.5, 0.6) is 0 Å². The van der Waals surface area contributed by atoms with E-state index in [-0.39, 0.29) is 11.8 Å². The van der Waals surface area contributed by atoms with E-state index >= 15 is 0 Å². The van der Waals surface area contributed by atoms with Gasteiger partial charge in [0.05, 0.1) is 6.26 Å². The van der Waals surface area contributed by atoms with Crippen molar-refractivity contribution in [1.29, 1.82) is 0 Å². The lowest BCUT2D eigenvalue weighted by Crippen LogP contribution is -2.49. The van der Waals surface area contributed by atoms with Gasteiger partial charge in [0.2, 0.25) is 5.91 Å². The highest BCUT2D eigenvalue weighted by molar-refractivity contribution is 5.92. The number of amides is 2. The van der Waals surface area contributed by atoms with Gasteiger partial charge in [0.25, 0.3) is 5.91 Å². The maximum Gasteiger partial charge on any atom is 0.289 e. The molecule has 2 heterocycles. The molecule has 0 spiro atoms. The van der Waals surface area contributed by atoms with Crippen LogP contribution in [0, 0.1) is 13.8 Å². The molecule has 0 bridgehead atoms. The summed E-state index contributed by atoms with van der Waals surface area (Å²) in [5.41, 5.74) is 3.05. The number of para-hydroxylation sites is 1. The molecule has 0 unspecified atom stereocenters. The first kappa shape index (κ1) is 18.2. The van der Waals surface area contributed by atoms with E-state index in [1.54, 1.807) is 17.0 Å². The van der Waals surface area contributed by atoms with Crippen molar-refractivity contribution >= 4 is 17.5 Å². The molecule has 0 atom stereocenters. The standard InChI is InChI=1S/C20H25N3O3/c1-15-5-3-6-16(2)19(15)21-18(24)8-9-22-10-12-23(13-11-22)20(25)17-7-4-14-26-17/h3-7,14H,8-13H2,1-2H3,(H,21,24). The second-order valence-corrected chi connectivity index (χ2v) is 6.68. The summed E-state index contributed by atoms with van der Waals surface area (Å²) in [6, 6.07) is 9.39. The van der Waals surface area contributed by atoms with Crippen molar-refractivity contribution in [3.63, 3.8) is 0 Å². The zero-order valence-electron chi connectivity index (χ0n) is 15.3. The van der Waals surface area contributed by atoms with Crippen LogP contribution in [0.4, 0.5) is 5.69 Å². The smallest absolute Gasteiger partial charge is 0.289 e. The van der Waals surface area contributed by atoms with E-state index in [1.165, 1.54) is 6.26 Å². The monoisotopic (exact) mass is 355 g/mol. The largest absolute Gasteiger partial charge is 0.459 e. The van der Waals surface area contributed by atoms with Crippen molar-refractivity contribution in [3.8, 4) is 0 Å². The van der Waals surface area contributed by atoms with Gasteiger partial charge < -0.3 is 14.6 Å². The second-order valence-electron chi connectivity index (χ2n) is 6.68. The van der Waals surface area contributed by atoms with E-state index in [0.29, 0.717) is 31.8 Å². The molecule has 0 aliphatic carbocycles. The number of furan rings is 1. The van der Waals surface area contributed by atoms with Crippen molar-refractivity contribution in [2.24, 2.45) is 0 Å². The number of anilines is 1. The number of piperazine rings is 1. The minimum Gasteiger partial charge on any atom is -0.459 e. The lowest BCUT2D eigenvalue weighted by Gasteiger charge is -2.34. The minimum absolute atomic E-state index is 0.0245. The molecule has 2 aromatic rings. The molecule has 1 aliphatic heterocycles. The normalized spacial score (nSPS) is 15.1. The van der Waals surface area contributed by atoms with Crippen LogP contribution >= 0.6 is 0 Å². The van der Waals surface area contributed by atoms with E-state index < -0.39 is 0 Å². The van der Waals surface area contributed by atoms with Crippen molar-refractivity contribution in [2.75, 3.05) is 38.0 Å². The lowest BCUT2D eigenvalue weighted by atomic mass is 10.1. The summed E-state index contributed by atoms with van der Waals surface area (Å²) in [4.78, 5) is 28.5. The summed E-state index contributed by atoms with van der Waals surface area (Å²) in [5.74, 6) is 0.338. The van der Waals surface area contributed by atoms with Crippen LogP contribution in [0.3, 0.4) is 0 Å². The van der Waals surface area contributed by atoms with E-state index in [1.807, 2.05) is 32.0 Å². The maximum atomic E-state index is 12.3. The molecule has 6 heteroatoms. The van der Waals surface area contributed by atoms with E-state index in [2.05, 4.69) is 10.2 Å². The van der Waals surface area contributed by atoms with Gasteiger partial charge >= 0.3 is 0 Å². The number of rotatable bonds is 5. The SMILES string of the molecule is Cc1cccc(C)c1NC(=O)CCN1CCN(C(=O)c2ccco2)CC1. The summed E-state index contributed by atoms with van der Waals surface area (Å²) in [5, 5.41) is 3.02. The Bertz CT molecular complexity index is 742. The van der Waals surface area contributed by atoms with Crippen LogP contribution in [0.25, 0.3) is 0 Å². The Kier molecular flexibility index (Phi) is 5.73. The number of nitrogens with one attached hydrogen (secondary N) is 1. The van der Waals surface area contributed by atoms with Crippen molar-refractivity contribution < 1.29 is 14.0 Å². The molecule has 0 saturated carbocycles. The summed E-state index contributed by atoms with van der Waals surface area (Å²) in [6.07, 6.45) is 1.96. The number of benzene rings is 1. The molecular weight excluding hydrogens is 330 g/mol. The number of carbonyl (C=O) groups is 2. The first-order valence-electron chi connectivity index (χ1n) is 8.96. The summed E-state index contributed by atoms with van der Waals surface area (Å²) < 4.78 is 5.17. The molecule has 1 aliphatic rings. The molecule has 0 radical (unpaired) electrons. The number of hydrogen-bond acceptors (Lipinski definition) is 4. The fourth-order valence-corrected chi connectivity index (χ4v) is 3.20. The summed E-state index contributed by atoms with van der Waals surface area (Å²) >= 11 is 0. The van der Waals surface area contributed by atoms with Gasteiger partial charge in [-0.3, -0.25) is 14.5 Å². The van der Waals surface area contributed by atoms with Gasteiger partial charge in [0, 0.05) is 44.8 Å². The molecule has 1 fully saturated rings. The summed E-state index contributed by atoms with van der Waals surface area (Å²) in [7, 11) is 0. The number of aryl methyl sites for hydroxylation is 2. The molecule has 1 aromatic heterocycles. The van der Waals surface area contributed by atoms with Gasteiger partial charge in [-0.05, 0) is 37.1 Å². The molecule has 138 valence electrons. The van der Waals surface area contributed by atoms with Crippen molar-refractivity contribution in [1.82, 2.24) is 9.80 Å². The quantitative estimate of drug-likeness (QED) is 0.896. The molecule has 1 aromatic carbocycles. The zero-order chi connectivity index (χ0) is 18.5. The first-order valence-corrected chi connectivity index (χ1v) is 8.96. The molecule has 1 N–H and O–H groups in total. The Morgan fingerprint density at radius 1 is 1.04 bits per heavy atom. The van der Waals surface area contributed by atoms with Crippen molar-refractivity contribution in [3.05, 3.63) is 53.5 Å². The van der Waals surface area contributed by atoms with Gasteiger partial charge in [-0.25, -0.2) is 0 Å². The zero-order valence-corrected chi connectivity index (χ0v) is 15.3. The van der Waals surface area contributed by atoms with Crippen LogP contribution in [-0.2, 0) is 4.79 Å². The van der Waals surface area contributed by atoms with E-state index in [4.69, 9.17) is 4.42 Å². The summed E-state index contributed by atoms with van der Waals surface area (Å²) in [6.45, 7) is 7.53. The third kappa shape index (κ3) is 4.32. The van der Waals surface area contributed by atoms with Gasteiger partial charge in [-0.1, -0.05) is 18.2 Å². The third-order valence-electron chi connectivity index (χ3n) is 4.79. The topological polar surface area (TPSA) is 65.8 Å². The Hall–Kier alpha value is -2.60. The number of hydrogen-bond donors (Lipinski definition) is 1. The van der Waals surface area contributed by atoms with Gasteiger partial charge in [-0.15, -0.1) is 0 Å². The molecule has 1 saturated heterocycles. The third-order valence-corrected chi connectivity index (χ3v) is 4.79. The highest BCUT2D eigenvalue weighted by atomic mass is 16.3. The van der Waals surface area contributed by atoms with Gasteiger partial charge in [0.1, 0.15) is 0 Å². The lowest BCUT2D eigenvalue weighted by molar-refractivity contribution is -0.116. The Labute approximate surface area is 153 Å². The van der Waals surface area contributed by atoms with Crippen LogP contribution < -0.4 is 5.32 Å². The predicted molar refractivity (Wildman–Crippen MR) is 100 cm³/mol. The molecule has 26 heavy (non-hydrogen) atoms. The van der Waals surface area contributed by atoms with Crippen LogP contribution in [0.1, 0.15) is 28.1 Å². The molecule has 3 rings (SSSR count). The highest BCUT2D eigenvalue weighted by Gasteiger charge is 2.23. The van der Waals surface area contributed by atoms with Crippen LogP contribution in [0.2, 0.25) is 0 Å².